The third-order valence-corrected chi connectivity index (χ3v) is 12.4. The zero-order valence-corrected chi connectivity index (χ0v) is 37.1. The Balaban J connectivity index is 1.41. The number of ether oxygens (including phenoxy) is 2. The molecule has 13 heteroatoms. The summed E-state index contributed by atoms with van der Waals surface area (Å²) in [6, 6.07) is 13.9. The number of phenolic OH excluding ortho intramolecular Hbond substituents is 1. The minimum atomic E-state index is -0.963. The predicted octanol–water partition coefficient (Wildman–Crippen LogP) is 6.98. The van der Waals surface area contributed by atoms with Gasteiger partial charge in [0.2, 0.25) is 11.8 Å². The van der Waals surface area contributed by atoms with Gasteiger partial charge >= 0.3 is 0 Å². The standard InChI is InChI=1S/C48H64N6O7/c1-9-53-41-18-17-34(26-38(41)39(27-48(5,6)28-61-29-55)44(53)37-16-13-19-49-42(37)31(4)60-8)35-22-32(23-36(56)25-35)24-40(47(59)54-21-11-10-20-50-54)51-45(57)43(30(2)3)52(7)46(58)33-14-12-15-33/h13,16-19,22-23,25-26,29-31,33,40,43,50,56H,9-12,14-15,20-21,24,27-28H2,1-8H3,(H,51,57). The van der Waals surface area contributed by atoms with Crippen molar-refractivity contribution in [3.8, 4) is 28.1 Å². The molecule has 328 valence electrons. The van der Waals surface area contributed by atoms with Gasteiger partial charge < -0.3 is 29.4 Å². The van der Waals surface area contributed by atoms with Crippen molar-refractivity contribution in [2.24, 2.45) is 17.3 Å². The van der Waals surface area contributed by atoms with Gasteiger partial charge in [-0.15, -0.1) is 0 Å². The van der Waals surface area contributed by atoms with E-state index in [1.807, 2.05) is 39.0 Å². The Bertz CT molecular complexity index is 2210. The lowest BCUT2D eigenvalue weighted by molar-refractivity contribution is -0.147. The molecule has 0 bridgehead atoms. The van der Waals surface area contributed by atoms with E-state index in [1.54, 1.807) is 42.4 Å². The number of aromatic nitrogens is 2. The molecule has 3 unspecified atom stereocenters. The van der Waals surface area contributed by atoms with Crippen molar-refractivity contribution in [2.45, 2.75) is 111 Å². The number of nitrogens with zero attached hydrogens (tertiary/aromatic N) is 4. The number of aryl methyl sites for hydroxylation is 1. The third kappa shape index (κ3) is 10.1. The van der Waals surface area contributed by atoms with Gasteiger partial charge in [0, 0.05) is 74.2 Å². The number of rotatable bonds is 18. The molecule has 1 saturated carbocycles. The number of nitrogens with one attached hydrogen (secondary N) is 2. The number of aromatic hydroxyl groups is 1. The molecule has 3 atom stereocenters. The quantitative estimate of drug-likeness (QED) is 0.0901. The number of carbonyl (C=O) groups excluding carboxylic acids is 4. The molecule has 61 heavy (non-hydrogen) atoms. The molecule has 2 fully saturated rings. The second-order valence-corrected chi connectivity index (χ2v) is 17.9. The number of carbonyl (C=O) groups is 4. The summed E-state index contributed by atoms with van der Waals surface area (Å²) in [6.45, 7) is 14.6. The third-order valence-electron chi connectivity index (χ3n) is 12.4. The molecule has 3 N–H and O–H groups in total. The SMILES string of the molecule is CCn1c(-c2cccnc2C(C)OC)c(CC(C)(C)COC=O)c2cc(-c3cc(O)cc(CC(NC(=O)C(C(C)C)N(C)C(=O)C4CCC4)C(=O)N4CCCCN4)c3)ccc21. The summed E-state index contributed by atoms with van der Waals surface area (Å²) in [5.41, 5.74) is 9.91. The Morgan fingerprint density at radius 2 is 1.84 bits per heavy atom. The molecule has 1 aliphatic carbocycles. The van der Waals surface area contributed by atoms with Gasteiger partial charge in [0.15, 0.2) is 0 Å². The van der Waals surface area contributed by atoms with Crippen molar-refractivity contribution in [3.63, 3.8) is 0 Å². The van der Waals surface area contributed by atoms with Crippen LogP contribution in [0.15, 0.2) is 54.7 Å². The van der Waals surface area contributed by atoms with Crippen LogP contribution in [0.4, 0.5) is 0 Å². The fraction of sp³-hybridized carbons (Fsp3) is 0.521. The van der Waals surface area contributed by atoms with E-state index in [4.69, 9.17) is 14.5 Å². The van der Waals surface area contributed by atoms with Crippen LogP contribution >= 0.6 is 0 Å². The van der Waals surface area contributed by atoms with Crippen LogP contribution in [0, 0.1) is 17.3 Å². The maximum Gasteiger partial charge on any atom is 0.293 e. The molecule has 6 rings (SSSR count). The van der Waals surface area contributed by atoms with Gasteiger partial charge in [-0.25, -0.2) is 5.43 Å². The van der Waals surface area contributed by atoms with E-state index in [1.165, 1.54) is 0 Å². The molecule has 3 heterocycles. The highest BCUT2D eigenvalue weighted by atomic mass is 16.5. The van der Waals surface area contributed by atoms with Gasteiger partial charge in [0.05, 0.1) is 24.1 Å². The van der Waals surface area contributed by atoms with Crippen LogP contribution in [-0.2, 0) is 48.0 Å². The number of likely N-dealkylation sites (N-methyl/N-ethyl adjacent to an activating group) is 1. The molecule has 2 aromatic heterocycles. The summed E-state index contributed by atoms with van der Waals surface area (Å²) < 4.78 is 13.4. The number of phenols is 1. The zero-order chi connectivity index (χ0) is 44.0. The highest BCUT2D eigenvalue weighted by molar-refractivity contribution is 5.96. The van der Waals surface area contributed by atoms with Crippen molar-refractivity contribution in [3.05, 3.63) is 71.5 Å². The number of benzene rings is 2. The highest BCUT2D eigenvalue weighted by Crippen LogP contribution is 2.42. The molecule has 3 amide bonds. The number of hydrogen-bond acceptors (Lipinski definition) is 9. The maximum atomic E-state index is 14.2. The van der Waals surface area contributed by atoms with Crippen LogP contribution in [0.3, 0.4) is 0 Å². The number of fused-ring (bicyclic) bond motifs is 1. The molecule has 1 saturated heterocycles. The summed E-state index contributed by atoms with van der Waals surface area (Å²) in [7, 11) is 3.36. The smallest absolute Gasteiger partial charge is 0.293 e. The summed E-state index contributed by atoms with van der Waals surface area (Å²) in [5.74, 6) is -0.926. The zero-order valence-electron chi connectivity index (χ0n) is 37.1. The first-order valence-corrected chi connectivity index (χ1v) is 21.8. The number of hydrogen-bond donors (Lipinski definition) is 3. The van der Waals surface area contributed by atoms with Gasteiger partial charge in [-0.2, -0.15) is 0 Å². The molecule has 13 nitrogen and oxygen atoms in total. The van der Waals surface area contributed by atoms with Crippen LogP contribution in [0.1, 0.15) is 96.6 Å². The number of methoxy groups -OCH3 is 1. The second-order valence-electron chi connectivity index (χ2n) is 17.9. The fourth-order valence-electron chi connectivity index (χ4n) is 8.98. The number of pyridine rings is 1. The Kier molecular flexibility index (Phi) is 14.6. The fourth-order valence-corrected chi connectivity index (χ4v) is 8.98. The lowest BCUT2D eigenvalue weighted by Gasteiger charge is -2.37. The molecule has 2 aliphatic rings. The summed E-state index contributed by atoms with van der Waals surface area (Å²) in [4.78, 5) is 59.4. The van der Waals surface area contributed by atoms with E-state index in [9.17, 15) is 24.3 Å². The van der Waals surface area contributed by atoms with E-state index in [-0.39, 0.29) is 54.4 Å². The van der Waals surface area contributed by atoms with E-state index in [0.29, 0.717) is 38.1 Å². The van der Waals surface area contributed by atoms with Crippen molar-refractivity contribution >= 4 is 35.1 Å². The topological polar surface area (TPSA) is 155 Å². The summed E-state index contributed by atoms with van der Waals surface area (Å²) in [6.07, 6.45) is 6.64. The molecule has 2 aromatic carbocycles. The summed E-state index contributed by atoms with van der Waals surface area (Å²) >= 11 is 0. The van der Waals surface area contributed by atoms with Crippen LogP contribution in [0.5, 0.6) is 5.75 Å². The van der Waals surface area contributed by atoms with Gasteiger partial charge in [-0.05, 0) is 111 Å². The summed E-state index contributed by atoms with van der Waals surface area (Å²) in [5, 5.41) is 16.9. The van der Waals surface area contributed by atoms with E-state index < -0.39 is 17.5 Å². The van der Waals surface area contributed by atoms with E-state index in [2.05, 4.69) is 54.3 Å². The van der Waals surface area contributed by atoms with Crippen LogP contribution < -0.4 is 10.7 Å². The first-order chi connectivity index (χ1) is 29.2. The second kappa shape index (κ2) is 19.6. The highest BCUT2D eigenvalue weighted by Gasteiger charge is 2.38. The predicted molar refractivity (Wildman–Crippen MR) is 236 cm³/mol. The normalized spacial score (nSPS) is 16.2. The van der Waals surface area contributed by atoms with Crippen LogP contribution in [0.25, 0.3) is 33.3 Å². The molecular weight excluding hydrogens is 773 g/mol. The lowest BCUT2D eigenvalue weighted by Crippen LogP contribution is -2.60. The Morgan fingerprint density at radius 1 is 1.07 bits per heavy atom. The first-order valence-electron chi connectivity index (χ1n) is 21.8. The minimum Gasteiger partial charge on any atom is -0.508 e. The van der Waals surface area contributed by atoms with Gasteiger partial charge in [-0.3, -0.25) is 29.2 Å². The van der Waals surface area contributed by atoms with Crippen LogP contribution in [0.2, 0.25) is 0 Å². The van der Waals surface area contributed by atoms with E-state index >= 15 is 0 Å². The monoisotopic (exact) mass is 836 g/mol. The lowest BCUT2D eigenvalue weighted by atomic mass is 9.83. The van der Waals surface area contributed by atoms with Crippen LogP contribution in [-0.4, -0.2) is 94.7 Å². The van der Waals surface area contributed by atoms with Gasteiger partial charge in [0.1, 0.15) is 17.8 Å². The van der Waals surface area contributed by atoms with E-state index in [0.717, 1.165) is 76.6 Å². The molecule has 0 radical (unpaired) electrons. The Morgan fingerprint density at radius 3 is 2.48 bits per heavy atom. The van der Waals surface area contributed by atoms with Crippen molar-refractivity contribution in [2.75, 3.05) is 33.9 Å². The Labute approximate surface area is 360 Å². The molecule has 1 aliphatic heterocycles. The number of amides is 3. The minimum absolute atomic E-state index is 0.0276. The first kappa shape index (κ1) is 45.3. The van der Waals surface area contributed by atoms with Crippen molar-refractivity contribution in [1.29, 1.82) is 0 Å². The average molecular weight is 837 g/mol. The molecule has 4 aromatic rings. The molecular formula is C48H64N6O7. The van der Waals surface area contributed by atoms with Crippen molar-refractivity contribution in [1.82, 2.24) is 30.2 Å². The maximum absolute atomic E-state index is 14.2. The van der Waals surface area contributed by atoms with Crippen molar-refractivity contribution < 1.29 is 33.8 Å². The van der Waals surface area contributed by atoms with Gasteiger partial charge in [0.25, 0.3) is 12.4 Å². The Hall–Kier alpha value is -5.27. The van der Waals surface area contributed by atoms with Gasteiger partial charge in [-0.1, -0.05) is 46.2 Å². The number of hydrazine groups is 1. The average Bonchev–Trinajstić information content (AvgIpc) is 3.52. The molecule has 0 spiro atoms. The largest absolute Gasteiger partial charge is 0.508 e.